The highest BCUT2D eigenvalue weighted by Gasteiger charge is 2.40. The third-order valence-electron chi connectivity index (χ3n) is 5.44. The lowest BCUT2D eigenvalue weighted by molar-refractivity contribution is -0.137. The quantitative estimate of drug-likeness (QED) is 0.870. The van der Waals surface area contributed by atoms with Gasteiger partial charge in [0.15, 0.2) is 0 Å². The van der Waals surface area contributed by atoms with Crippen LogP contribution in [0.3, 0.4) is 0 Å². The van der Waals surface area contributed by atoms with Crippen LogP contribution in [0, 0.1) is 5.92 Å². The molecule has 1 atom stereocenters. The van der Waals surface area contributed by atoms with E-state index in [1.165, 1.54) is 0 Å². The summed E-state index contributed by atoms with van der Waals surface area (Å²) in [6, 6.07) is 6.60. The molecule has 0 bridgehead atoms. The number of carbonyl (C=O) groups is 3. The van der Waals surface area contributed by atoms with Crippen molar-refractivity contribution in [1.82, 2.24) is 9.80 Å². The third kappa shape index (κ3) is 3.98. The molecule has 1 N–H and O–H groups in total. The molecule has 1 aromatic carbocycles. The molecule has 3 aliphatic rings. The van der Waals surface area contributed by atoms with E-state index >= 15 is 0 Å². The van der Waals surface area contributed by atoms with E-state index in [4.69, 9.17) is 4.74 Å². The molecule has 2 heterocycles. The second-order valence-electron chi connectivity index (χ2n) is 7.44. The van der Waals surface area contributed by atoms with Crippen LogP contribution in [0.15, 0.2) is 24.3 Å². The van der Waals surface area contributed by atoms with Crippen LogP contribution in [0.2, 0.25) is 0 Å². The Labute approximate surface area is 158 Å². The van der Waals surface area contributed by atoms with E-state index in [9.17, 15) is 14.4 Å². The van der Waals surface area contributed by atoms with E-state index < -0.39 is 6.04 Å². The Morgan fingerprint density at radius 1 is 1.04 bits per heavy atom. The Kier molecular flexibility index (Phi) is 5.11. The van der Waals surface area contributed by atoms with Crippen molar-refractivity contribution < 1.29 is 19.1 Å². The third-order valence-corrected chi connectivity index (χ3v) is 5.44. The number of benzene rings is 1. The second kappa shape index (κ2) is 7.68. The van der Waals surface area contributed by atoms with Gasteiger partial charge in [0, 0.05) is 36.8 Å². The van der Waals surface area contributed by atoms with Crippen LogP contribution < -0.4 is 5.32 Å². The first-order valence-electron chi connectivity index (χ1n) is 9.72. The molecule has 1 aromatic rings. The molecule has 4 rings (SSSR count). The first-order valence-corrected chi connectivity index (χ1v) is 9.72. The number of nitrogens with zero attached hydrogens (tertiary/aromatic N) is 2. The average Bonchev–Trinajstić information content (AvgIpc) is 3.43. The molecule has 3 fully saturated rings. The van der Waals surface area contributed by atoms with Crippen LogP contribution in [0.1, 0.15) is 36.0 Å². The Morgan fingerprint density at radius 3 is 2.56 bits per heavy atom. The molecular weight excluding hydrogens is 346 g/mol. The summed E-state index contributed by atoms with van der Waals surface area (Å²) in [6.45, 7) is 2.91. The normalized spacial score (nSPS) is 22.6. The first kappa shape index (κ1) is 18.0. The van der Waals surface area contributed by atoms with Crippen molar-refractivity contribution in [2.75, 3.05) is 38.2 Å². The van der Waals surface area contributed by atoms with E-state index in [0.717, 1.165) is 19.3 Å². The molecule has 2 saturated heterocycles. The van der Waals surface area contributed by atoms with Gasteiger partial charge in [-0.15, -0.1) is 0 Å². The molecule has 0 aromatic heterocycles. The summed E-state index contributed by atoms with van der Waals surface area (Å²) >= 11 is 0. The number of carbonyl (C=O) groups excluding carboxylic acids is 3. The highest BCUT2D eigenvalue weighted by Crippen LogP contribution is 2.34. The Hall–Kier alpha value is -2.41. The van der Waals surface area contributed by atoms with Crippen LogP contribution >= 0.6 is 0 Å². The van der Waals surface area contributed by atoms with E-state index in [2.05, 4.69) is 5.32 Å². The maximum absolute atomic E-state index is 12.7. The van der Waals surface area contributed by atoms with Gasteiger partial charge in [0.05, 0.1) is 13.2 Å². The smallest absolute Gasteiger partial charge is 0.254 e. The zero-order chi connectivity index (χ0) is 18.8. The maximum atomic E-state index is 12.7. The number of hydrogen-bond donors (Lipinski definition) is 1. The minimum atomic E-state index is -0.406. The Balaban J connectivity index is 1.42. The number of nitrogens with one attached hydrogen (secondary N) is 1. The molecule has 0 radical (unpaired) electrons. The Bertz CT molecular complexity index is 740. The molecule has 1 unspecified atom stereocenters. The number of morpholine rings is 1. The summed E-state index contributed by atoms with van der Waals surface area (Å²) in [5.74, 6) is 0.00930. The van der Waals surface area contributed by atoms with Crippen molar-refractivity contribution in [3.05, 3.63) is 29.8 Å². The average molecular weight is 371 g/mol. The lowest BCUT2D eigenvalue weighted by atomic mass is 10.1. The summed E-state index contributed by atoms with van der Waals surface area (Å²) in [5.41, 5.74) is 1.14. The van der Waals surface area contributed by atoms with Crippen LogP contribution in [0.5, 0.6) is 0 Å². The van der Waals surface area contributed by atoms with Crippen LogP contribution in [0.4, 0.5) is 5.69 Å². The van der Waals surface area contributed by atoms with E-state index in [0.29, 0.717) is 50.5 Å². The van der Waals surface area contributed by atoms with E-state index in [-0.39, 0.29) is 23.6 Å². The van der Waals surface area contributed by atoms with Crippen molar-refractivity contribution in [1.29, 1.82) is 0 Å². The van der Waals surface area contributed by atoms with Gasteiger partial charge in [-0.3, -0.25) is 14.4 Å². The van der Waals surface area contributed by atoms with Crippen molar-refractivity contribution in [2.24, 2.45) is 5.92 Å². The Morgan fingerprint density at radius 2 is 1.81 bits per heavy atom. The summed E-state index contributed by atoms with van der Waals surface area (Å²) < 4.78 is 5.29. The SMILES string of the molecule is O=C(Nc1cccc(C(=O)N2CCOCC2)c1)C1CCCN1C(=O)C1CC1. The van der Waals surface area contributed by atoms with Gasteiger partial charge in [-0.2, -0.15) is 0 Å². The van der Waals surface area contributed by atoms with E-state index in [1.54, 1.807) is 34.1 Å². The summed E-state index contributed by atoms with van der Waals surface area (Å²) in [4.78, 5) is 41.2. The topological polar surface area (TPSA) is 79.0 Å². The number of anilines is 1. The second-order valence-corrected chi connectivity index (χ2v) is 7.44. The maximum Gasteiger partial charge on any atom is 0.254 e. The number of ether oxygens (including phenoxy) is 1. The van der Waals surface area contributed by atoms with Gasteiger partial charge in [-0.05, 0) is 43.9 Å². The number of rotatable bonds is 4. The minimum absolute atomic E-state index is 0.0548. The fraction of sp³-hybridized carbons (Fsp3) is 0.550. The summed E-state index contributed by atoms with van der Waals surface area (Å²) in [7, 11) is 0. The highest BCUT2D eigenvalue weighted by molar-refractivity contribution is 6.00. The predicted octanol–water partition coefficient (Wildman–Crippen LogP) is 1.50. The van der Waals surface area contributed by atoms with Crippen molar-refractivity contribution in [2.45, 2.75) is 31.7 Å². The summed E-state index contributed by atoms with van der Waals surface area (Å²) in [5, 5.41) is 2.90. The minimum Gasteiger partial charge on any atom is -0.378 e. The fourth-order valence-corrected chi connectivity index (χ4v) is 3.77. The monoisotopic (exact) mass is 371 g/mol. The van der Waals surface area contributed by atoms with Gasteiger partial charge >= 0.3 is 0 Å². The first-order chi connectivity index (χ1) is 13.1. The van der Waals surface area contributed by atoms with Gasteiger partial charge in [0.2, 0.25) is 11.8 Å². The molecule has 27 heavy (non-hydrogen) atoms. The number of likely N-dealkylation sites (tertiary alicyclic amines) is 1. The number of amides is 3. The number of hydrogen-bond acceptors (Lipinski definition) is 4. The highest BCUT2D eigenvalue weighted by atomic mass is 16.5. The molecule has 144 valence electrons. The lowest BCUT2D eigenvalue weighted by Crippen LogP contribution is -2.43. The molecule has 2 aliphatic heterocycles. The van der Waals surface area contributed by atoms with Crippen LogP contribution in [0.25, 0.3) is 0 Å². The van der Waals surface area contributed by atoms with Gasteiger partial charge in [0.1, 0.15) is 6.04 Å². The molecule has 3 amide bonds. The predicted molar refractivity (Wildman–Crippen MR) is 99.3 cm³/mol. The zero-order valence-electron chi connectivity index (χ0n) is 15.4. The molecule has 1 saturated carbocycles. The lowest BCUT2D eigenvalue weighted by Gasteiger charge is -2.27. The van der Waals surface area contributed by atoms with Gasteiger partial charge in [0.25, 0.3) is 5.91 Å². The molecular formula is C20H25N3O4. The largest absolute Gasteiger partial charge is 0.378 e. The molecule has 1 aliphatic carbocycles. The van der Waals surface area contributed by atoms with Crippen LogP contribution in [-0.2, 0) is 14.3 Å². The van der Waals surface area contributed by atoms with Crippen molar-refractivity contribution >= 4 is 23.4 Å². The van der Waals surface area contributed by atoms with Crippen LogP contribution in [-0.4, -0.2) is 66.4 Å². The summed E-state index contributed by atoms with van der Waals surface area (Å²) in [6.07, 6.45) is 3.42. The molecule has 0 spiro atoms. The van der Waals surface area contributed by atoms with Gasteiger partial charge in [-0.25, -0.2) is 0 Å². The fourth-order valence-electron chi connectivity index (χ4n) is 3.77. The molecule has 7 nitrogen and oxygen atoms in total. The van der Waals surface area contributed by atoms with Gasteiger partial charge in [-0.1, -0.05) is 6.07 Å². The van der Waals surface area contributed by atoms with Gasteiger partial charge < -0.3 is 19.9 Å². The zero-order valence-corrected chi connectivity index (χ0v) is 15.4. The van der Waals surface area contributed by atoms with Crippen molar-refractivity contribution in [3.8, 4) is 0 Å². The van der Waals surface area contributed by atoms with Crippen molar-refractivity contribution in [3.63, 3.8) is 0 Å². The van der Waals surface area contributed by atoms with E-state index in [1.807, 2.05) is 0 Å². The standard InChI is InChI=1S/C20H25N3O4/c24-18(17-5-2-8-23(17)20(26)14-6-7-14)21-16-4-1-3-15(13-16)19(25)22-9-11-27-12-10-22/h1,3-4,13-14,17H,2,5-12H2,(H,21,24). The molecule has 7 heteroatoms.